The van der Waals surface area contributed by atoms with Crippen LogP contribution in [0.1, 0.15) is 36.2 Å². The Bertz CT molecular complexity index is 843. The summed E-state index contributed by atoms with van der Waals surface area (Å²) < 4.78 is 21.0. The molecule has 2 aromatic carbocycles. The molecule has 0 radical (unpaired) electrons. The zero-order valence-electron chi connectivity index (χ0n) is 17.4. The predicted molar refractivity (Wildman–Crippen MR) is 109 cm³/mol. The van der Waals surface area contributed by atoms with Crippen molar-refractivity contribution in [2.45, 2.75) is 26.9 Å². The third-order valence-electron chi connectivity index (χ3n) is 4.25. The molecule has 0 aliphatic carbocycles. The van der Waals surface area contributed by atoms with Crippen LogP contribution < -0.4 is 9.47 Å². The van der Waals surface area contributed by atoms with E-state index in [-0.39, 0.29) is 25.2 Å². The Balaban J connectivity index is 2.18. The molecule has 2 rings (SSSR count). The van der Waals surface area contributed by atoms with Gasteiger partial charge in [0.25, 0.3) is 0 Å². The first kappa shape index (κ1) is 22.9. The summed E-state index contributed by atoms with van der Waals surface area (Å²) in [6.07, 6.45) is -0.359. The third-order valence-corrected chi connectivity index (χ3v) is 4.25. The van der Waals surface area contributed by atoms with E-state index in [9.17, 15) is 14.4 Å². The van der Waals surface area contributed by atoms with Gasteiger partial charge in [0.05, 0.1) is 20.3 Å². The van der Waals surface area contributed by atoms with Gasteiger partial charge in [0, 0.05) is 12.0 Å². The molecule has 7 heteroatoms. The van der Waals surface area contributed by atoms with Crippen molar-refractivity contribution in [3.8, 4) is 11.5 Å². The summed E-state index contributed by atoms with van der Waals surface area (Å²) in [4.78, 5) is 37.1. The number of carbonyl (C=O) groups is 3. The number of ether oxygens (including phenoxy) is 4. The minimum absolute atomic E-state index is 0.100. The van der Waals surface area contributed by atoms with E-state index in [1.807, 2.05) is 30.3 Å². The molecule has 30 heavy (non-hydrogen) atoms. The average Bonchev–Trinajstić information content (AvgIpc) is 2.76. The van der Waals surface area contributed by atoms with Crippen molar-refractivity contribution in [2.24, 2.45) is 5.92 Å². The van der Waals surface area contributed by atoms with Gasteiger partial charge in [0.15, 0.2) is 23.2 Å². The second-order valence-electron chi connectivity index (χ2n) is 6.32. The SMILES string of the molecule is CCOC(=O)C(CC(=O)c1ccc(OC)c(OCc2ccccc2)c1)C(=O)OCC. The molecule has 0 amide bonds. The zero-order chi connectivity index (χ0) is 21.9. The van der Waals surface area contributed by atoms with Crippen molar-refractivity contribution in [1.82, 2.24) is 0 Å². The molecule has 0 aliphatic rings. The van der Waals surface area contributed by atoms with Gasteiger partial charge in [0.2, 0.25) is 0 Å². The van der Waals surface area contributed by atoms with Crippen LogP contribution in [0.4, 0.5) is 0 Å². The Morgan fingerprint density at radius 2 is 1.50 bits per heavy atom. The number of carbonyl (C=O) groups excluding carboxylic acids is 3. The largest absolute Gasteiger partial charge is 0.493 e. The standard InChI is InChI=1S/C23H26O7/c1-4-28-22(25)18(23(26)29-5-2)14-19(24)17-11-12-20(27-3)21(13-17)30-15-16-9-7-6-8-10-16/h6-13,18H,4-5,14-15H2,1-3H3. The number of hydrogen-bond donors (Lipinski definition) is 0. The Morgan fingerprint density at radius 3 is 2.07 bits per heavy atom. The minimum atomic E-state index is -1.31. The van der Waals surface area contributed by atoms with Crippen LogP contribution in [0.2, 0.25) is 0 Å². The highest BCUT2D eigenvalue weighted by Gasteiger charge is 2.32. The van der Waals surface area contributed by atoms with Crippen LogP contribution in [0.3, 0.4) is 0 Å². The average molecular weight is 414 g/mol. The van der Waals surface area contributed by atoms with E-state index in [2.05, 4.69) is 0 Å². The monoisotopic (exact) mass is 414 g/mol. The molecule has 0 saturated heterocycles. The topological polar surface area (TPSA) is 88.1 Å². The first-order chi connectivity index (χ1) is 14.5. The number of hydrogen-bond acceptors (Lipinski definition) is 7. The minimum Gasteiger partial charge on any atom is -0.493 e. The fraction of sp³-hybridized carbons (Fsp3) is 0.348. The van der Waals surface area contributed by atoms with Crippen molar-refractivity contribution in [3.05, 3.63) is 59.7 Å². The van der Waals surface area contributed by atoms with Gasteiger partial charge >= 0.3 is 11.9 Å². The normalized spacial score (nSPS) is 10.4. The fourth-order valence-electron chi connectivity index (χ4n) is 2.75. The number of Topliss-reactive ketones (excluding diaryl/α,β-unsaturated/α-hetero) is 1. The Kier molecular flexibility index (Phi) is 8.87. The van der Waals surface area contributed by atoms with Crippen LogP contribution >= 0.6 is 0 Å². The summed E-state index contributed by atoms with van der Waals surface area (Å²) in [6, 6.07) is 14.3. The molecule has 7 nitrogen and oxygen atoms in total. The molecule has 0 spiro atoms. The lowest BCUT2D eigenvalue weighted by Crippen LogP contribution is -2.30. The van der Waals surface area contributed by atoms with E-state index in [0.29, 0.717) is 18.1 Å². The number of methoxy groups -OCH3 is 1. The van der Waals surface area contributed by atoms with Crippen LogP contribution in [-0.4, -0.2) is 38.0 Å². The molecule has 0 heterocycles. The summed E-state index contributed by atoms with van der Waals surface area (Å²) in [7, 11) is 1.50. The lowest BCUT2D eigenvalue weighted by molar-refractivity contribution is -0.161. The zero-order valence-corrected chi connectivity index (χ0v) is 17.4. The molecule has 0 unspecified atom stereocenters. The van der Waals surface area contributed by atoms with Crippen LogP contribution in [0.25, 0.3) is 0 Å². The smallest absolute Gasteiger partial charge is 0.320 e. The quantitative estimate of drug-likeness (QED) is 0.315. The molecule has 160 valence electrons. The third kappa shape index (κ3) is 6.34. The maximum Gasteiger partial charge on any atom is 0.320 e. The van der Waals surface area contributed by atoms with Gasteiger partial charge in [-0.3, -0.25) is 14.4 Å². The Morgan fingerprint density at radius 1 is 0.867 bits per heavy atom. The van der Waals surface area contributed by atoms with Crippen LogP contribution in [0.15, 0.2) is 48.5 Å². The lowest BCUT2D eigenvalue weighted by atomic mass is 9.98. The summed E-state index contributed by atoms with van der Waals surface area (Å²) in [5.74, 6) is -2.43. The maximum absolute atomic E-state index is 12.8. The molecule has 0 aliphatic heterocycles. The van der Waals surface area contributed by atoms with E-state index in [1.54, 1.807) is 26.0 Å². The lowest BCUT2D eigenvalue weighted by Gasteiger charge is -2.15. The summed E-state index contributed by atoms with van der Waals surface area (Å²) >= 11 is 0. The molecule has 0 bridgehead atoms. The second kappa shape index (κ2) is 11.6. The van der Waals surface area contributed by atoms with Gasteiger partial charge in [-0.15, -0.1) is 0 Å². The van der Waals surface area contributed by atoms with Gasteiger partial charge in [-0.05, 0) is 37.6 Å². The van der Waals surface area contributed by atoms with Crippen molar-refractivity contribution in [1.29, 1.82) is 0 Å². The first-order valence-electron chi connectivity index (χ1n) is 9.71. The van der Waals surface area contributed by atoms with Gasteiger partial charge in [-0.2, -0.15) is 0 Å². The molecule has 0 N–H and O–H groups in total. The predicted octanol–water partition coefficient (Wildman–Crippen LogP) is 3.59. The van der Waals surface area contributed by atoms with E-state index in [4.69, 9.17) is 18.9 Å². The van der Waals surface area contributed by atoms with E-state index in [0.717, 1.165) is 5.56 Å². The molecule has 0 fully saturated rings. The number of benzene rings is 2. The Labute approximate surface area is 175 Å². The number of ketones is 1. The van der Waals surface area contributed by atoms with Crippen LogP contribution in [0, 0.1) is 5.92 Å². The molecule has 2 aromatic rings. The number of rotatable bonds is 11. The molecule has 0 atom stereocenters. The van der Waals surface area contributed by atoms with Crippen molar-refractivity contribution in [2.75, 3.05) is 20.3 Å². The van der Waals surface area contributed by atoms with Crippen molar-refractivity contribution in [3.63, 3.8) is 0 Å². The van der Waals surface area contributed by atoms with Gasteiger partial charge in [0.1, 0.15) is 6.61 Å². The van der Waals surface area contributed by atoms with Crippen molar-refractivity contribution >= 4 is 17.7 Å². The summed E-state index contributed by atoms with van der Waals surface area (Å²) in [5, 5.41) is 0. The molecule has 0 saturated carbocycles. The fourth-order valence-corrected chi connectivity index (χ4v) is 2.75. The van der Waals surface area contributed by atoms with Gasteiger partial charge in [-0.1, -0.05) is 30.3 Å². The molecular weight excluding hydrogens is 388 g/mol. The van der Waals surface area contributed by atoms with E-state index in [1.165, 1.54) is 13.2 Å². The second-order valence-corrected chi connectivity index (χ2v) is 6.32. The highest BCUT2D eigenvalue weighted by atomic mass is 16.6. The number of esters is 2. The molecular formula is C23H26O7. The first-order valence-corrected chi connectivity index (χ1v) is 9.71. The Hall–Kier alpha value is -3.35. The highest BCUT2D eigenvalue weighted by Crippen LogP contribution is 2.30. The summed E-state index contributed by atoms with van der Waals surface area (Å²) in [6.45, 7) is 3.75. The van der Waals surface area contributed by atoms with Crippen molar-refractivity contribution < 1.29 is 33.3 Å². The van der Waals surface area contributed by atoms with Crippen LogP contribution in [0.5, 0.6) is 11.5 Å². The van der Waals surface area contributed by atoms with E-state index >= 15 is 0 Å². The van der Waals surface area contributed by atoms with Gasteiger partial charge in [-0.25, -0.2) is 0 Å². The molecule has 0 aromatic heterocycles. The van der Waals surface area contributed by atoms with Crippen LogP contribution in [-0.2, 0) is 25.7 Å². The summed E-state index contributed by atoms with van der Waals surface area (Å²) in [5.41, 5.74) is 1.25. The highest BCUT2D eigenvalue weighted by molar-refractivity contribution is 6.04. The maximum atomic E-state index is 12.8. The van der Waals surface area contributed by atoms with E-state index < -0.39 is 23.6 Å². The van der Waals surface area contributed by atoms with Gasteiger partial charge < -0.3 is 18.9 Å².